The Morgan fingerprint density at radius 2 is 2.19 bits per heavy atom. The Morgan fingerprint density at radius 1 is 1.38 bits per heavy atom. The summed E-state index contributed by atoms with van der Waals surface area (Å²) < 4.78 is 0. The zero-order valence-electron chi connectivity index (χ0n) is 13.3. The Labute approximate surface area is 127 Å². The third kappa shape index (κ3) is 3.93. The lowest BCUT2D eigenvalue weighted by atomic mass is 10.0. The molecule has 0 aliphatic carbocycles. The molecule has 1 aromatic rings. The van der Waals surface area contributed by atoms with Gasteiger partial charge in [-0.1, -0.05) is 13.8 Å². The number of carbonyl (C=O) groups excluding carboxylic acids is 1. The number of nitrogens with zero attached hydrogens (tertiary/aromatic N) is 3. The number of aromatic nitrogens is 2. The van der Waals surface area contributed by atoms with Gasteiger partial charge in [-0.05, 0) is 51.2 Å². The first-order valence-electron chi connectivity index (χ1n) is 8.07. The maximum atomic E-state index is 12.0. The van der Waals surface area contributed by atoms with E-state index < -0.39 is 0 Å². The van der Waals surface area contributed by atoms with Crippen LogP contribution in [0.25, 0.3) is 0 Å². The van der Waals surface area contributed by atoms with Gasteiger partial charge in [0.1, 0.15) is 0 Å². The standard InChI is InChI=1S/C16H26N4O/c1-4-12(3)17-16(21)14-9-10-15(19-18-14)20-11-7-6-8-13(20)5-2/h9-10,12-13H,4-8,11H2,1-3H3,(H,17,21). The van der Waals surface area contributed by atoms with Crippen molar-refractivity contribution in [2.24, 2.45) is 0 Å². The lowest BCUT2D eigenvalue weighted by molar-refractivity contribution is 0.0933. The summed E-state index contributed by atoms with van der Waals surface area (Å²) in [5.41, 5.74) is 0.393. The molecule has 1 saturated heterocycles. The number of hydrogen-bond donors (Lipinski definition) is 1. The highest BCUT2D eigenvalue weighted by Gasteiger charge is 2.22. The fourth-order valence-corrected chi connectivity index (χ4v) is 2.73. The molecule has 0 aromatic carbocycles. The molecule has 1 aliphatic heterocycles. The highest BCUT2D eigenvalue weighted by atomic mass is 16.2. The molecule has 5 heteroatoms. The molecule has 21 heavy (non-hydrogen) atoms. The third-order valence-electron chi connectivity index (χ3n) is 4.27. The van der Waals surface area contributed by atoms with Gasteiger partial charge >= 0.3 is 0 Å². The molecule has 2 rings (SSSR count). The molecular formula is C16H26N4O. The van der Waals surface area contributed by atoms with Crippen molar-refractivity contribution in [3.8, 4) is 0 Å². The summed E-state index contributed by atoms with van der Waals surface area (Å²) in [6, 6.07) is 4.41. The summed E-state index contributed by atoms with van der Waals surface area (Å²) >= 11 is 0. The first kappa shape index (κ1) is 15.7. The number of piperidine rings is 1. The molecule has 1 amide bonds. The van der Waals surface area contributed by atoms with Crippen molar-refractivity contribution >= 4 is 11.7 Å². The molecule has 5 nitrogen and oxygen atoms in total. The van der Waals surface area contributed by atoms with Gasteiger partial charge in [0.25, 0.3) is 5.91 Å². The van der Waals surface area contributed by atoms with Crippen molar-refractivity contribution in [2.75, 3.05) is 11.4 Å². The second-order valence-electron chi connectivity index (χ2n) is 5.81. The van der Waals surface area contributed by atoms with Gasteiger partial charge < -0.3 is 10.2 Å². The summed E-state index contributed by atoms with van der Waals surface area (Å²) in [5.74, 6) is 0.746. The van der Waals surface area contributed by atoms with E-state index in [-0.39, 0.29) is 11.9 Å². The molecule has 0 saturated carbocycles. The van der Waals surface area contributed by atoms with E-state index in [1.54, 1.807) is 6.07 Å². The molecule has 0 bridgehead atoms. The largest absolute Gasteiger partial charge is 0.352 e. The van der Waals surface area contributed by atoms with Gasteiger partial charge in [-0.25, -0.2) is 0 Å². The normalized spacial score (nSPS) is 20.1. The van der Waals surface area contributed by atoms with Crippen LogP contribution in [-0.2, 0) is 0 Å². The zero-order valence-corrected chi connectivity index (χ0v) is 13.3. The van der Waals surface area contributed by atoms with E-state index in [2.05, 4.69) is 27.3 Å². The summed E-state index contributed by atoms with van der Waals surface area (Å²) in [4.78, 5) is 14.3. The molecule has 1 aromatic heterocycles. The van der Waals surface area contributed by atoms with Crippen LogP contribution in [-0.4, -0.2) is 34.7 Å². The van der Waals surface area contributed by atoms with E-state index in [4.69, 9.17) is 0 Å². The van der Waals surface area contributed by atoms with Crippen molar-refractivity contribution in [1.82, 2.24) is 15.5 Å². The van der Waals surface area contributed by atoms with Crippen LogP contribution in [0.4, 0.5) is 5.82 Å². The van der Waals surface area contributed by atoms with Crippen molar-refractivity contribution in [1.29, 1.82) is 0 Å². The summed E-state index contributed by atoms with van der Waals surface area (Å²) in [6.45, 7) is 7.27. The minimum absolute atomic E-state index is 0.144. The monoisotopic (exact) mass is 290 g/mol. The fourth-order valence-electron chi connectivity index (χ4n) is 2.73. The molecule has 0 radical (unpaired) electrons. The number of hydrogen-bond acceptors (Lipinski definition) is 4. The molecule has 0 spiro atoms. The van der Waals surface area contributed by atoms with E-state index in [1.807, 2.05) is 19.9 Å². The van der Waals surface area contributed by atoms with Crippen molar-refractivity contribution in [2.45, 2.75) is 65.0 Å². The van der Waals surface area contributed by atoms with E-state index in [0.717, 1.165) is 25.2 Å². The van der Waals surface area contributed by atoms with E-state index in [0.29, 0.717) is 11.7 Å². The lowest BCUT2D eigenvalue weighted by Gasteiger charge is -2.35. The molecule has 2 unspecified atom stereocenters. The predicted molar refractivity (Wildman–Crippen MR) is 84.5 cm³/mol. The summed E-state index contributed by atoms with van der Waals surface area (Å²) in [7, 11) is 0. The van der Waals surface area contributed by atoms with Crippen LogP contribution < -0.4 is 10.2 Å². The second-order valence-corrected chi connectivity index (χ2v) is 5.81. The quantitative estimate of drug-likeness (QED) is 0.906. The maximum absolute atomic E-state index is 12.0. The van der Waals surface area contributed by atoms with Crippen LogP contribution in [0.5, 0.6) is 0 Å². The average molecular weight is 290 g/mol. The molecule has 2 atom stereocenters. The zero-order chi connectivity index (χ0) is 15.2. The highest BCUT2D eigenvalue weighted by Crippen LogP contribution is 2.24. The summed E-state index contributed by atoms with van der Waals surface area (Å²) in [5, 5.41) is 11.3. The summed E-state index contributed by atoms with van der Waals surface area (Å²) in [6.07, 6.45) is 5.74. The predicted octanol–water partition coefficient (Wildman–Crippen LogP) is 2.77. The Bertz CT molecular complexity index is 460. The molecule has 1 aliphatic rings. The molecular weight excluding hydrogens is 264 g/mol. The maximum Gasteiger partial charge on any atom is 0.272 e. The van der Waals surface area contributed by atoms with Gasteiger partial charge in [-0.2, -0.15) is 0 Å². The van der Waals surface area contributed by atoms with Gasteiger partial charge in [0.15, 0.2) is 11.5 Å². The van der Waals surface area contributed by atoms with E-state index in [9.17, 15) is 4.79 Å². The second kappa shape index (κ2) is 7.38. The van der Waals surface area contributed by atoms with E-state index >= 15 is 0 Å². The molecule has 116 valence electrons. The van der Waals surface area contributed by atoms with Gasteiger partial charge in [-0.3, -0.25) is 4.79 Å². The van der Waals surface area contributed by atoms with Gasteiger partial charge in [-0.15, -0.1) is 10.2 Å². The Kier molecular flexibility index (Phi) is 5.53. The van der Waals surface area contributed by atoms with Crippen LogP contribution in [0, 0.1) is 0 Å². The Morgan fingerprint density at radius 3 is 2.81 bits per heavy atom. The van der Waals surface area contributed by atoms with Crippen LogP contribution in [0.15, 0.2) is 12.1 Å². The third-order valence-corrected chi connectivity index (χ3v) is 4.27. The molecule has 2 heterocycles. The number of anilines is 1. The van der Waals surface area contributed by atoms with Crippen molar-refractivity contribution < 1.29 is 4.79 Å². The van der Waals surface area contributed by atoms with Crippen LogP contribution >= 0.6 is 0 Å². The molecule has 1 N–H and O–H groups in total. The number of rotatable bonds is 5. The minimum Gasteiger partial charge on any atom is -0.352 e. The van der Waals surface area contributed by atoms with E-state index in [1.165, 1.54) is 19.3 Å². The number of carbonyl (C=O) groups is 1. The average Bonchev–Trinajstić information content (AvgIpc) is 2.54. The first-order chi connectivity index (χ1) is 10.2. The SMILES string of the molecule is CCC(C)NC(=O)c1ccc(N2CCCCC2CC)nn1. The van der Waals surface area contributed by atoms with Crippen molar-refractivity contribution in [3.63, 3.8) is 0 Å². The number of amides is 1. The minimum atomic E-state index is -0.144. The van der Waals surface area contributed by atoms with Gasteiger partial charge in [0, 0.05) is 18.6 Å². The van der Waals surface area contributed by atoms with Crippen LogP contribution in [0.2, 0.25) is 0 Å². The fraction of sp³-hybridized carbons (Fsp3) is 0.688. The first-order valence-corrected chi connectivity index (χ1v) is 8.07. The van der Waals surface area contributed by atoms with Gasteiger partial charge in [0.2, 0.25) is 0 Å². The van der Waals surface area contributed by atoms with Crippen molar-refractivity contribution in [3.05, 3.63) is 17.8 Å². The van der Waals surface area contributed by atoms with Crippen LogP contribution in [0.3, 0.4) is 0 Å². The highest BCUT2D eigenvalue weighted by molar-refractivity contribution is 5.92. The molecule has 1 fully saturated rings. The Hall–Kier alpha value is -1.65. The van der Waals surface area contributed by atoms with Crippen LogP contribution in [0.1, 0.15) is 63.4 Å². The Balaban J connectivity index is 2.05. The smallest absolute Gasteiger partial charge is 0.272 e. The number of nitrogens with one attached hydrogen (secondary N) is 1. The topological polar surface area (TPSA) is 58.1 Å². The van der Waals surface area contributed by atoms with Gasteiger partial charge in [0.05, 0.1) is 0 Å². The lowest BCUT2D eigenvalue weighted by Crippen LogP contribution is -2.40.